The van der Waals surface area contributed by atoms with E-state index >= 15 is 0 Å². The van der Waals surface area contributed by atoms with Crippen LogP contribution in [-0.4, -0.2) is 17.6 Å². The van der Waals surface area contributed by atoms with Gasteiger partial charge in [-0.2, -0.15) is 0 Å². The largest absolute Gasteiger partial charge is 0.462 e. The van der Waals surface area contributed by atoms with E-state index in [-0.39, 0.29) is 11.1 Å². The van der Waals surface area contributed by atoms with Gasteiger partial charge in [0.15, 0.2) is 0 Å². The lowest BCUT2D eigenvalue weighted by Gasteiger charge is -2.07. The van der Waals surface area contributed by atoms with Gasteiger partial charge in [-0.1, -0.05) is 24.9 Å². The van der Waals surface area contributed by atoms with Gasteiger partial charge < -0.3 is 9.72 Å². The van der Waals surface area contributed by atoms with Crippen molar-refractivity contribution >= 4 is 28.5 Å². The number of unbranched alkanes of at least 4 members (excludes halogenated alkanes) is 1. The molecule has 0 amide bonds. The molecule has 0 aliphatic heterocycles. The van der Waals surface area contributed by atoms with Gasteiger partial charge in [0.2, 0.25) is 5.56 Å². The van der Waals surface area contributed by atoms with Gasteiger partial charge in [0, 0.05) is 22.0 Å². The van der Waals surface area contributed by atoms with Crippen molar-refractivity contribution in [3.8, 4) is 0 Å². The number of benzene rings is 1. The minimum absolute atomic E-state index is 0.248. The summed E-state index contributed by atoms with van der Waals surface area (Å²) in [5.74, 6) is -0.494. The molecule has 2 aromatic rings. The fourth-order valence-corrected chi connectivity index (χ4v) is 1.95. The standard InChI is InChI=1S/C14H14ClNO3/c1-2-3-6-19-14(18)11-8-13(17)16-12-5-4-9(15)7-10(11)12/h4-5,7-8H,2-3,6H2,1H3,(H,16,17). The molecular weight excluding hydrogens is 266 g/mol. The minimum Gasteiger partial charge on any atom is -0.462 e. The summed E-state index contributed by atoms with van der Waals surface area (Å²) in [6, 6.07) is 6.21. The predicted molar refractivity (Wildman–Crippen MR) is 74.8 cm³/mol. The van der Waals surface area contributed by atoms with Gasteiger partial charge in [0.05, 0.1) is 12.2 Å². The fraction of sp³-hybridized carbons (Fsp3) is 0.286. The number of nitrogens with one attached hydrogen (secondary N) is 1. The Bertz CT molecular complexity index is 663. The quantitative estimate of drug-likeness (QED) is 0.691. The number of esters is 1. The number of H-pyrrole nitrogens is 1. The number of hydrogen-bond donors (Lipinski definition) is 1. The van der Waals surface area contributed by atoms with Gasteiger partial charge in [-0.3, -0.25) is 4.79 Å². The van der Waals surface area contributed by atoms with E-state index in [1.54, 1.807) is 18.2 Å². The maximum absolute atomic E-state index is 12.0. The number of carbonyl (C=O) groups excluding carboxylic acids is 1. The molecule has 0 unspecified atom stereocenters. The zero-order chi connectivity index (χ0) is 13.8. The van der Waals surface area contributed by atoms with Crippen molar-refractivity contribution in [1.82, 2.24) is 4.98 Å². The SMILES string of the molecule is CCCCOC(=O)c1cc(=O)[nH]c2ccc(Cl)cc12. The Hall–Kier alpha value is -1.81. The number of fused-ring (bicyclic) bond motifs is 1. The highest BCUT2D eigenvalue weighted by molar-refractivity contribution is 6.31. The summed E-state index contributed by atoms with van der Waals surface area (Å²) in [6.45, 7) is 2.36. The molecular formula is C14H14ClNO3. The van der Waals surface area contributed by atoms with E-state index in [1.165, 1.54) is 6.07 Å². The van der Waals surface area contributed by atoms with E-state index < -0.39 is 5.97 Å². The number of rotatable bonds is 4. The molecule has 0 fully saturated rings. The number of aromatic nitrogens is 1. The Labute approximate surface area is 115 Å². The topological polar surface area (TPSA) is 59.2 Å². The van der Waals surface area contributed by atoms with E-state index in [9.17, 15) is 9.59 Å². The third kappa shape index (κ3) is 3.15. The molecule has 0 saturated heterocycles. The van der Waals surface area contributed by atoms with Gasteiger partial charge in [-0.15, -0.1) is 0 Å². The number of ether oxygens (including phenoxy) is 1. The van der Waals surface area contributed by atoms with Crippen LogP contribution in [0.5, 0.6) is 0 Å². The molecule has 0 atom stereocenters. The number of pyridine rings is 1. The van der Waals surface area contributed by atoms with Crippen LogP contribution in [0.25, 0.3) is 10.9 Å². The molecule has 0 bridgehead atoms. The Morgan fingerprint density at radius 1 is 1.37 bits per heavy atom. The highest BCUT2D eigenvalue weighted by Crippen LogP contribution is 2.20. The highest BCUT2D eigenvalue weighted by atomic mass is 35.5. The molecule has 0 saturated carbocycles. The molecule has 0 aliphatic carbocycles. The maximum atomic E-state index is 12.0. The summed E-state index contributed by atoms with van der Waals surface area (Å²) in [7, 11) is 0. The third-order valence-corrected chi connectivity index (χ3v) is 2.99. The predicted octanol–water partition coefficient (Wildman–Crippen LogP) is 3.14. The van der Waals surface area contributed by atoms with Crippen molar-refractivity contribution in [1.29, 1.82) is 0 Å². The Morgan fingerprint density at radius 2 is 2.16 bits per heavy atom. The average molecular weight is 280 g/mol. The first-order valence-electron chi connectivity index (χ1n) is 6.11. The van der Waals surface area contributed by atoms with Crippen LogP contribution in [0.15, 0.2) is 29.1 Å². The Morgan fingerprint density at radius 3 is 2.89 bits per heavy atom. The van der Waals surface area contributed by atoms with E-state index in [4.69, 9.17) is 16.3 Å². The van der Waals surface area contributed by atoms with Gasteiger partial charge in [-0.05, 0) is 24.6 Å². The van der Waals surface area contributed by atoms with Gasteiger partial charge in [-0.25, -0.2) is 4.79 Å². The first kappa shape index (κ1) is 13.6. The number of aromatic amines is 1. The van der Waals surface area contributed by atoms with Crippen LogP contribution in [0, 0.1) is 0 Å². The van der Waals surface area contributed by atoms with E-state index in [0.29, 0.717) is 22.5 Å². The molecule has 5 heteroatoms. The zero-order valence-corrected chi connectivity index (χ0v) is 11.3. The van der Waals surface area contributed by atoms with E-state index in [1.807, 2.05) is 6.92 Å². The van der Waals surface area contributed by atoms with Crippen molar-refractivity contribution in [3.05, 3.63) is 45.2 Å². The monoisotopic (exact) mass is 279 g/mol. The molecule has 19 heavy (non-hydrogen) atoms. The van der Waals surface area contributed by atoms with Crippen molar-refractivity contribution in [2.75, 3.05) is 6.61 Å². The highest BCUT2D eigenvalue weighted by Gasteiger charge is 2.13. The van der Waals surface area contributed by atoms with Crippen molar-refractivity contribution in [2.24, 2.45) is 0 Å². The van der Waals surface area contributed by atoms with Crippen LogP contribution in [-0.2, 0) is 4.74 Å². The van der Waals surface area contributed by atoms with E-state index in [2.05, 4.69) is 4.98 Å². The summed E-state index contributed by atoms with van der Waals surface area (Å²) in [5, 5.41) is 1.09. The summed E-state index contributed by atoms with van der Waals surface area (Å²) >= 11 is 5.92. The molecule has 1 N–H and O–H groups in total. The van der Waals surface area contributed by atoms with Crippen LogP contribution in [0.2, 0.25) is 5.02 Å². The Balaban J connectivity index is 2.43. The zero-order valence-electron chi connectivity index (χ0n) is 10.5. The summed E-state index contributed by atoms with van der Waals surface area (Å²) in [6.07, 6.45) is 1.74. The molecule has 2 rings (SSSR count). The summed E-state index contributed by atoms with van der Waals surface area (Å²) < 4.78 is 5.14. The van der Waals surface area contributed by atoms with Gasteiger partial charge in [0.25, 0.3) is 0 Å². The number of halogens is 1. The molecule has 0 aliphatic rings. The summed E-state index contributed by atoms with van der Waals surface area (Å²) in [4.78, 5) is 26.2. The van der Waals surface area contributed by atoms with Gasteiger partial charge >= 0.3 is 5.97 Å². The second kappa shape index (κ2) is 5.89. The smallest absolute Gasteiger partial charge is 0.339 e. The maximum Gasteiger partial charge on any atom is 0.339 e. The van der Waals surface area contributed by atoms with Crippen LogP contribution < -0.4 is 5.56 Å². The summed E-state index contributed by atoms with van der Waals surface area (Å²) in [5.41, 5.74) is 0.481. The van der Waals surface area contributed by atoms with Crippen LogP contribution in [0.4, 0.5) is 0 Å². The molecule has 1 aromatic carbocycles. The average Bonchev–Trinajstić information content (AvgIpc) is 2.38. The van der Waals surface area contributed by atoms with Crippen molar-refractivity contribution in [2.45, 2.75) is 19.8 Å². The molecule has 100 valence electrons. The molecule has 1 heterocycles. The number of carbonyl (C=O) groups is 1. The van der Waals surface area contributed by atoms with Crippen molar-refractivity contribution < 1.29 is 9.53 Å². The normalized spacial score (nSPS) is 10.6. The second-order valence-corrected chi connectivity index (χ2v) is 4.66. The first-order chi connectivity index (χ1) is 9.11. The van der Waals surface area contributed by atoms with Crippen LogP contribution >= 0.6 is 11.6 Å². The lowest BCUT2D eigenvalue weighted by atomic mass is 10.1. The lowest BCUT2D eigenvalue weighted by Crippen LogP contribution is -2.13. The fourth-order valence-electron chi connectivity index (χ4n) is 1.78. The molecule has 4 nitrogen and oxygen atoms in total. The Kier molecular flexibility index (Phi) is 4.22. The lowest BCUT2D eigenvalue weighted by molar-refractivity contribution is 0.0502. The first-order valence-corrected chi connectivity index (χ1v) is 6.49. The van der Waals surface area contributed by atoms with Crippen LogP contribution in [0.3, 0.4) is 0 Å². The third-order valence-electron chi connectivity index (χ3n) is 2.76. The minimum atomic E-state index is -0.494. The molecule has 1 aromatic heterocycles. The van der Waals surface area contributed by atoms with Crippen molar-refractivity contribution in [3.63, 3.8) is 0 Å². The number of hydrogen-bond acceptors (Lipinski definition) is 3. The van der Waals surface area contributed by atoms with E-state index in [0.717, 1.165) is 12.8 Å². The van der Waals surface area contributed by atoms with Crippen LogP contribution in [0.1, 0.15) is 30.1 Å². The molecule has 0 radical (unpaired) electrons. The second-order valence-electron chi connectivity index (χ2n) is 4.23. The molecule has 0 spiro atoms. The van der Waals surface area contributed by atoms with Gasteiger partial charge in [0.1, 0.15) is 0 Å².